The smallest absolute Gasteiger partial charge is 0.266 e. The van der Waals surface area contributed by atoms with Crippen LogP contribution in [-0.2, 0) is 6.42 Å². The van der Waals surface area contributed by atoms with Crippen molar-refractivity contribution in [3.8, 4) is 0 Å². The van der Waals surface area contributed by atoms with Gasteiger partial charge in [0.1, 0.15) is 0 Å². The van der Waals surface area contributed by atoms with Crippen LogP contribution in [0.15, 0.2) is 4.52 Å². The Labute approximate surface area is 121 Å². The van der Waals surface area contributed by atoms with Crippen molar-refractivity contribution in [1.82, 2.24) is 10.1 Å². The highest BCUT2D eigenvalue weighted by atomic mass is 16.5. The van der Waals surface area contributed by atoms with Crippen LogP contribution in [0.1, 0.15) is 58.8 Å². The van der Waals surface area contributed by atoms with Crippen LogP contribution in [0.4, 0.5) is 5.95 Å². The molecule has 2 N–H and O–H groups in total. The molecule has 0 aliphatic carbocycles. The summed E-state index contributed by atoms with van der Waals surface area (Å²) in [4.78, 5) is 6.75. The Kier molecular flexibility index (Phi) is 5.02. The van der Waals surface area contributed by atoms with Gasteiger partial charge in [-0.15, -0.1) is 0 Å². The third-order valence-electron chi connectivity index (χ3n) is 3.66. The molecule has 0 saturated carbocycles. The molecule has 5 heteroatoms. The van der Waals surface area contributed by atoms with Crippen LogP contribution in [0.5, 0.6) is 0 Å². The molecule has 0 spiro atoms. The second-order valence-electron chi connectivity index (χ2n) is 7.12. The summed E-state index contributed by atoms with van der Waals surface area (Å²) in [6, 6.07) is 0.0763. The van der Waals surface area contributed by atoms with Crippen molar-refractivity contribution in [3.05, 3.63) is 5.89 Å². The second kappa shape index (κ2) is 6.57. The summed E-state index contributed by atoms with van der Waals surface area (Å²) in [7, 11) is 0. The average Bonchev–Trinajstić information content (AvgIpc) is 2.61. The van der Waals surface area contributed by atoms with Crippen molar-refractivity contribution in [3.63, 3.8) is 0 Å². The van der Waals surface area contributed by atoms with E-state index in [4.69, 9.17) is 10.3 Å². The molecule has 5 nitrogen and oxygen atoms in total. The molecule has 1 aliphatic rings. The Hall–Kier alpha value is -1.10. The fraction of sp³-hybridized carbons (Fsp3) is 0.867. The molecule has 0 radical (unpaired) electrons. The minimum atomic E-state index is 0.0763. The molecular formula is C15H28N4O. The molecule has 2 heterocycles. The minimum absolute atomic E-state index is 0.0763. The van der Waals surface area contributed by atoms with E-state index < -0.39 is 0 Å². The van der Waals surface area contributed by atoms with E-state index in [-0.39, 0.29) is 11.5 Å². The number of hydrogen-bond acceptors (Lipinski definition) is 5. The van der Waals surface area contributed by atoms with E-state index in [2.05, 4.69) is 35.8 Å². The molecule has 0 aromatic carbocycles. The Bertz CT molecular complexity index is 402. The molecular weight excluding hydrogens is 252 g/mol. The maximum Gasteiger partial charge on any atom is 0.266 e. The standard InChI is InChI=1S/C15H28N4O/c1-15(2,3)11-12(16)10-13-17-14(18-20-13)19-8-6-4-5-7-9-19/h12H,4-11,16H2,1-3H3. The van der Waals surface area contributed by atoms with E-state index in [0.717, 1.165) is 25.5 Å². The molecule has 0 bridgehead atoms. The van der Waals surface area contributed by atoms with Crippen LogP contribution in [0.3, 0.4) is 0 Å². The lowest BCUT2D eigenvalue weighted by Gasteiger charge is -2.22. The first kappa shape index (κ1) is 15.3. The van der Waals surface area contributed by atoms with E-state index >= 15 is 0 Å². The van der Waals surface area contributed by atoms with Gasteiger partial charge < -0.3 is 15.2 Å². The zero-order valence-corrected chi connectivity index (χ0v) is 13.1. The molecule has 1 atom stereocenters. The topological polar surface area (TPSA) is 68.2 Å². The second-order valence-corrected chi connectivity index (χ2v) is 7.12. The quantitative estimate of drug-likeness (QED) is 0.918. The number of anilines is 1. The summed E-state index contributed by atoms with van der Waals surface area (Å²) in [5.74, 6) is 1.41. The van der Waals surface area contributed by atoms with Gasteiger partial charge in [0.15, 0.2) is 0 Å². The van der Waals surface area contributed by atoms with E-state index in [1.165, 1.54) is 25.7 Å². The summed E-state index contributed by atoms with van der Waals surface area (Å²) < 4.78 is 5.36. The average molecular weight is 280 g/mol. The molecule has 2 rings (SSSR count). The fourth-order valence-corrected chi connectivity index (χ4v) is 2.81. The number of hydrogen-bond donors (Lipinski definition) is 1. The number of aromatic nitrogens is 2. The number of rotatable bonds is 4. The maximum atomic E-state index is 6.16. The number of nitrogens with zero attached hydrogens (tertiary/aromatic N) is 3. The zero-order chi connectivity index (χ0) is 14.6. The highest BCUT2D eigenvalue weighted by Gasteiger charge is 2.20. The maximum absolute atomic E-state index is 6.16. The monoisotopic (exact) mass is 280 g/mol. The SMILES string of the molecule is CC(C)(C)CC(N)Cc1nc(N2CCCCCC2)no1. The molecule has 1 saturated heterocycles. The van der Waals surface area contributed by atoms with Crippen LogP contribution in [0.25, 0.3) is 0 Å². The van der Waals surface area contributed by atoms with Gasteiger partial charge in [-0.1, -0.05) is 33.6 Å². The first-order valence-corrected chi connectivity index (χ1v) is 7.77. The first-order valence-electron chi connectivity index (χ1n) is 7.77. The Morgan fingerprint density at radius 2 is 1.85 bits per heavy atom. The van der Waals surface area contributed by atoms with Gasteiger partial charge in [-0.25, -0.2) is 0 Å². The lowest BCUT2D eigenvalue weighted by molar-refractivity contribution is 0.313. The third kappa shape index (κ3) is 4.78. The third-order valence-corrected chi connectivity index (χ3v) is 3.66. The van der Waals surface area contributed by atoms with Gasteiger partial charge in [-0.2, -0.15) is 4.98 Å². The minimum Gasteiger partial charge on any atom is -0.338 e. The highest BCUT2D eigenvalue weighted by Crippen LogP contribution is 2.22. The summed E-state index contributed by atoms with van der Waals surface area (Å²) in [5, 5.41) is 4.12. The molecule has 1 fully saturated rings. The van der Waals surface area contributed by atoms with Gasteiger partial charge in [0, 0.05) is 25.6 Å². The lowest BCUT2D eigenvalue weighted by Crippen LogP contribution is -2.28. The molecule has 1 unspecified atom stereocenters. The fourth-order valence-electron chi connectivity index (χ4n) is 2.81. The van der Waals surface area contributed by atoms with E-state index in [1.54, 1.807) is 0 Å². The van der Waals surface area contributed by atoms with Crippen LogP contribution < -0.4 is 10.6 Å². The Balaban J connectivity index is 1.91. The van der Waals surface area contributed by atoms with Crippen LogP contribution in [0, 0.1) is 5.41 Å². The number of nitrogens with two attached hydrogens (primary N) is 1. The molecule has 1 aromatic rings. The van der Waals surface area contributed by atoms with E-state index in [0.29, 0.717) is 12.3 Å². The zero-order valence-electron chi connectivity index (χ0n) is 13.1. The van der Waals surface area contributed by atoms with Crippen LogP contribution >= 0.6 is 0 Å². The molecule has 0 amide bonds. The molecule has 114 valence electrons. The van der Waals surface area contributed by atoms with Gasteiger partial charge >= 0.3 is 0 Å². The first-order chi connectivity index (χ1) is 9.44. The van der Waals surface area contributed by atoms with E-state index in [1.807, 2.05) is 0 Å². The lowest BCUT2D eigenvalue weighted by atomic mass is 9.87. The molecule has 1 aromatic heterocycles. The van der Waals surface area contributed by atoms with Gasteiger partial charge in [-0.3, -0.25) is 0 Å². The molecule has 20 heavy (non-hydrogen) atoms. The van der Waals surface area contributed by atoms with Gasteiger partial charge in [0.2, 0.25) is 5.89 Å². The largest absolute Gasteiger partial charge is 0.338 e. The summed E-state index contributed by atoms with van der Waals surface area (Å²) in [6.07, 6.45) is 6.66. The van der Waals surface area contributed by atoms with E-state index in [9.17, 15) is 0 Å². The van der Waals surface area contributed by atoms with Crippen molar-refractivity contribution in [2.45, 2.75) is 65.3 Å². The van der Waals surface area contributed by atoms with Crippen LogP contribution in [0.2, 0.25) is 0 Å². The van der Waals surface area contributed by atoms with Crippen molar-refractivity contribution in [1.29, 1.82) is 0 Å². The van der Waals surface area contributed by atoms with Gasteiger partial charge in [-0.05, 0) is 29.8 Å². The van der Waals surface area contributed by atoms with Crippen molar-refractivity contribution >= 4 is 5.95 Å². The van der Waals surface area contributed by atoms with Crippen molar-refractivity contribution < 1.29 is 4.52 Å². The Morgan fingerprint density at radius 1 is 1.20 bits per heavy atom. The summed E-state index contributed by atoms with van der Waals surface area (Å²) in [5.41, 5.74) is 6.39. The van der Waals surface area contributed by atoms with Gasteiger partial charge in [0.05, 0.1) is 0 Å². The normalized spacial score (nSPS) is 18.9. The van der Waals surface area contributed by atoms with Gasteiger partial charge in [0.25, 0.3) is 5.95 Å². The molecule has 1 aliphatic heterocycles. The predicted octanol–water partition coefficient (Wildman–Crippen LogP) is 2.76. The summed E-state index contributed by atoms with van der Waals surface area (Å²) in [6.45, 7) is 8.66. The predicted molar refractivity (Wildman–Crippen MR) is 80.7 cm³/mol. The van der Waals surface area contributed by atoms with Crippen molar-refractivity contribution in [2.24, 2.45) is 11.1 Å². The Morgan fingerprint density at radius 3 is 2.45 bits per heavy atom. The highest BCUT2D eigenvalue weighted by molar-refractivity contribution is 5.27. The van der Waals surface area contributed by atoms with Crippen molar-refractivity contribution in [2.75, 3.05) is 18.0 Å². The summed E-state index contributed by atoms with van der Waals surface area (Å²) >= 11 is 0. The van der Waals surface area contributed by atoms with Crippen LogP contribution in [-0.4, -0.2) is 29.3 Å².